The zero-order valence-electron chi connectivity index (χ0n) is 2.18. The van der Waals surface area contributed by atoms with Gasteiger partial charge in [-0.15, -0.1) is 0 Å². The Morgan fingerprint density at radius 2 is 1.25 bits per heavy atom. The van der Waals surface area contributed by atoms with Crippen LogP contribution in [-0.2, 0) is 18.6 Å². The van der Waals surface area contributed by atoms with Gasteiger partial charge >= 0.3 is 54.9 Å². The van der Waals surface area contributed by atoms with Gasteiger partial charge in [0.25, 0.3) is 0 Å². The van der Waals surface area contributed by atoms with E-state index in [0.29, 0.717) is 0 Å². The number of hydrogen-bond acceptors (Lipinski definition) is 0. The molecule has 4 heavy (non-hydrogen) atoms. The Balaban J connectivity index is -0.00000000500. The summed E-state index contributed by atoms with van der Waals surface area (Å²) in [5.74, 6) is 0. The van der Waals surface area contributed by atoms with Crippen LogP contribution < -0.4 is 0 Å². The Labute approximate surface area is 72.3 Å². The van der Waals surface area contributed by atoms with Crippen LogP contribution >= 0.6 is 6.93 Å². The minimum atomic E-state index is 0. The van der Waals surface area contributed by atoms with Gasteiger partial charge in [-0.2, -0.15) is 0 Å². The Morgan fingerprint density at radius 1 is 1.25 bits per heavy atom. The van der Waals surface area contributed by atoms with Gasteiger partial charge < -0.3 is 0 Å². The first-order chi connectivity index (χ1) is 1.00. The van der Waals surface area contributed by atoms with Crippen LogP contribution in [-0.4, -0.2) is 48.0 Å². The summed E-state index contributed by atoms with van der Waals surface area (Å²) in [6, 6.07) is 0. The van der Waals surface area contributed by atoms with Gasteiger partial charge in [0.15, 0.2) is 0 Å². The number of hydrogen-bond donors (Lipinski definition) is 0. The Hall–Kier alpha value is 2.69. The predicted octanol–water partition coefficient (Wildman–Crippen LogP) is -1.51. The molecule has 0 aromatic rings. The van der Waals surface area contributed by atoms with Crippen molar-refractivity contribution in [2.75, 3.05) is 0 Å². The van der Waals surface area contributed by atoms with Crippen molar-refractivity contribution >= 4 is 54.9 Å². The molecule has 0 nitrogen and oxygen atoms in total. The summed E-state index contributed by atoms with van der Waals surface area (Å²) in [5.41, 5.74) is 0. The van der Waals surface area contributed by atoms with Crippen molar-refractivity contribution in [3.8, 4) is 0 Å². The van der Waals surface area contributed by atoms with Crippen molar-refractivity contribution in [3.05, 3.63) is 0 Å². The second-order valence-electron chi connectivity index (χ2n) is 0. The van der Waals surface area contributed by atoms with Gasteiger partial charge in [-0.1, -0.05) is 0 Å². The fourth-order valence-corrected chi connectivity index (χ4v) is 0. The molecule has 1 atom stereocenters. The van der Waals surface area contributed by atoms with Crippen LogP contribution in [0, 0.1) is 0 Å². The fraction of sp³-hybridized carbons (Fsp3) is 0. The quantitative estimate of drug-likeness (QED) is 0.328. The molecule has 4 heteroatoms. The summed E-state index contributed by atoms with van der Waals surface area (Å²) in [4.78, 5) is 0. The fourth-order valence-electron chi connectivity index (χ4n) is 0. The molecule has 0 spiro atoms. The Kier molecular flexibility index (Phi) is 68.8. The molecule has 0 aromatic carbocycles. The summed E-state index contributed by atoms with van der Waals surface area (Å²) >= 11 is 1.67. The minimum Gasteiger partial charge on any atom is 0 e. The van der Waals surface area contributed by atoms with E-state index in [1.165, 1.54) is 0 Å². The molecule has 0 aliphatic rings. The van der Waals surface area contributed by atoms with Gasteiger partial charge in [0.05, 0.1) is 0 Å². The Morgan fingerprint density at radius 3 is 1.25 bits per heavy atom. The van der Waals surface area contributed by atoms with E-state index in [0.717, 1.165) is 0 Å². The smallest absolute Gasteiger partial charge is 0 e. The second kappa shape index (κ2) is 17.3. The summed E-state index contributed by atoms with van der Waals surface area (Å²) in [6.07, 6.45) is 0. The third kappa shape index (κ3) is 8.82. The molecule has 0 N–H and O–H groups in total. The van der Waals surface area contributed by atoms with E-state index in [4.69, 9.17) is 0 Å². The molecule has 0 aromatic heterocycles. The molecule has 1 radical (unpaired) electrons. The van der Waals surface area contributed by atoms with Crippen LogP contribution in [0.3, 0.4) is 0 Å². The van der Waals surface area contributed by atoms with Crippen molar-refractivity contribution in [3.63, 3.8) is 0 Å². The van der Waals surface area contributed by atoms with Crippen LogP contribution in [0.4, 0.5) is 0 Å². The van der Waals surface area contributed by atoms with Crippen LogP contribution in [0.25, 0.3) is 0 Å². The van der Waals surface area contributed by atoms with Gasteiger partial charge in [0.1, 0.15) is 0 Å². The van der Waals surface area contributed by atoms with Gasteiger partial charge in [0.2, 0.25) is 0 Å². The summed E-state index contributed by atoms with van der Waals surface area (Å²) in [6.45, 7) is 2.47. The van der Waals surface area contributed by atoms with Crippen LogP contribution in [0.15, 0.2) is 0 Å². The van der Waals surface area contributed by atoms with Crippen molar-refractivity contribution in [2.24, 2.45) is 0 Å². The van der Waals surface area contributed by atoms with E-state index in [1.807, 2.05) is 0 Å². The van der Waals surface area contributed by atoms with E-state index in [2.05, 4.69) is 6.93 Å². The molecule has 1 unspecified atom stereocenters. The SMILES string of the molecule is P[TeH].[BiH3].[V]. The normalized spacial score (nSPS) is 1.50. The summed E-state index contributed by atoms with van der Waals surface area (Å²) in [5, 5.41) is 0. The molecule has 0 amide bonds. The first-order valence-corrected chi connectivity index (χ1v) is 5.20. The second-order valence-corrected chi connectivity index (χ2v) is 0. The first-order valence-electron chi connectivity index (χ1n) is 0.258. The minimum absolute atomic E-state index is 0. The zero-order chi connectivity index (χ0) is 2.00. The van der Waals surface area contributed by atoms with Crippen LogP contribution in [0.1, 0.15) is 0 Å². The van der Waals surface area contributed by atoms with Crippen LogP contribution in [0.2, 0.25) is 0 Å². The molecular formula is H6BiPTeV. The largest absolute Gasteiger partial charge is 0 e. The molecular weight excluding hydrogens is 418 g/mol. The molecule has 0 fully saturated rings. The third-order valence-electron chi connectivity index (χ3n) is 0. The molecule has 0 aliphatic heterocycles. The van der Waals surface area contributed by atoms with Gasteiger partial charge in [-0.05, 0) is 0 Å². The number of rotatable bonds is 0. The summed E-state index contributed by atoms with van der Waals surface area (Å²) in [7, 11) is 0. The van der Waals surface area contributed by atoms with E-state index in [-0.39, 0.29) is 44.8 Å². The average Bonchev–Trinajstić information content (AvgIpc) is 1.00. The van der Waals surface area contributed by atoms with Crippen LogP contribution in [0.5, 0.6) is 0 Å². The van der Waals surface area contributed by atoms with E-state index in [1.54, 1.807) is 21.7 Å². The Bertz CT molecular complexity index is 8.00. The molecule has 0 saturated heterocycles. The van der Waals surface area contributed by atoms with Gasteiger partial charge in [-0.3, -0.25) is 0 Å². The topological polar surface area (TPSA) is 0 Å². The maximum Gasteiger partial charge on any atom is 0 e. The van der Waals surface area contributed by atoms with E-state index < -0.39 is 0 Å². The zero-order valence-corrected chi connectivity index (χ0v) is 12.8. The maximum absolute atomic E-state index is 2.47. The molecule has 0 bridgehead atoms. The standard InChI is InChI=1S/Bi.H3PTe.V.3H/c;1-2;;;;/h;2H,1H2;;;;. The molecule has 0 heterocycles. The van der Waals surface area contributed by atoms with Crippen molar-refractivity contribution in [1.82, 2.24) is 0 Å². The summed E-state index contributed by atoms with van der Waals surface area (Å²) < 4.78 is 0. The van der Waals surface area contributed by atoms with Crippen molar-refractivity contribution in [2.45, 2.75) is 0 Å². The van der Waals surface area contributed by atoms with Gasteiger partial charge in [-0.25, -0.2) is 0 Å². The molecule has 0 aliphatic carbocycles. The first kappa shape index (κ1) is 15.9. The van der Waals surface area contributed by atoms with Gasteiger partial charge in [0, 0.05) is 18.6 Å². The van der Waals surface area contributed by atoms with E-state index >= 15 is 0 Å². The third-order valence-corrected chi connectivity index (χ3v) is 0. The molecule has 0 saturated carbocycles. The van der Waals surface area contributed by atoms with Crippen molar-refractivity contribution in [1.29, 1.82) is 0 Å². The average molecular weight is 425 g/mol. The van der Waals surface area contributed by atoms with Crippen molar-refractivity contribution < 1.29 is 18.6 Å². The maximum atomic E-state index is 2.47. The molecule has 27 valence electrons. The van der Waals surface area contributed by atoms with E-state index in [9.17, 15) is 0 Å². The molecule has 0 rings (SSSR count). The predicted molar refractivity (Wildman–Crippen MR) is 26.8 cm³/mol. The monoisotopic (exact) mass is 427 g/mol.